The molecule has 1 aromatic carbocycles. The predicted molar refractivity (Wildman–Crippen MR) is 88.7 cm³/mol. The van der Waals surface area contributed by atoms with Crippen molar-refractivity contribution in [1.82, 2.24) is 9.88 Å². The quantitative estimate of drug-likeness (QED) is 0.675. The van der Waals surface area contributed by atoms with Crippen LogP contribution in [0.1, 0.15) is 15.9 Å². The molecular formula is C16H12F3IN2O2. The maximum Gasteiger partial charge on any atom is 0.421 e. The van der Waals surface area contributed by atoms with Crippen LogP contribution in [0.5, 0.6) is 5.88 Å². The van der Waals surface area contributed by atoms with Gasteiger partial charge in [0.2, 0.25) is 5.88 Å². The lowest BCUT2D eigenvalue weighted by Gasteiger charge is -2.39. The van der Waals surface area contributed by atoms with E-state index in [4.69, 9.17) is 4.74 Å². The number of likely N-dealkylation sites (tertiary alicyclic amines) is 1. The Balaban J connectivity index is 1.64. The standard InChI is InChI=1S/C16H12F3IN2O2/c17-16(18,19)12-5-3-7-21-14(12)24-10-8-22(9-10)15(23)11-4-1-2-6-13(11)20/h1-7,10H,8-9H2. The van der Waals surface area contributed by atoms with Crippen molar-refractivity contribution in [1.29, 1.82) is 0 Å². The Morgan fingerprint density at radius 3 is 2.58 bits per heavy atom. The van der Waals surface area contributed by atoms with Crippen LogP contribution in [0, 0.1) is 3.57 Å². The Hall–Kier alpha value is -1.84. The number of rotatable bonds is 3. The number of hydrogen-bond donors (Lipinski definition) is 0. The minimum Gasteiger partial charge on any atom is -0.470 e. The van der Waals surface area contributed by atoms with Gasteiger partial charge >= 0.3 is 6.18 Å². The number of alkyl halides is 3. The molecule has 0 atom stereocenters. The molecule has 1 saturated heterocycles. The van der Waals surface area contributed by atoms with Crippen molar-refractivity contribution in [3.05, 3.63) is 57.3 Å². The van der Waals surface area contributed by atoms with E-state index < -0.39 is 23.7 Å². The van der Waals surface area contributed by atoms with Crippen LogP contribution in [-0.4, -0.2) is 35.0 Å². The van der Waals surface area contributed by atoms with E-state index in [1.807, 2.05) is 12.1 Å². The highest BCUT2D eigenvalue weighted by molar-refractivity contribution is 14.1. The van der Waals surface area contributed by atoms with Gasteiger partial charge in [0.25, 0.3) is 5.91 Å². The fraction of sp³-hybridized carbons (Fsp3) is 0.250. The zero-order chi connectivity index (χ0) is 17.3. The highest BCUT2D eigenvalue weighted by Gasteiger charge is 2.38. The normalized spacial score (nSPS) is 15.1. The zero-order valence-corrected chi connectivity index (χ0v) is 14.4. The van der Waals surface area contributed by atoms with Gasteiger partial charge in [0, 0.05) is 9.77 Å². The van der Waals surface area contributed by atoms with Gasteiger partial charge in [-0.15, -0.1) is 0 Å². The maximum atomic E-state index is 12.9. The monoisotopic (exact) mass is 448 g/mol. The van der Waals surface area contributed by atoms with Gasteiger partial charge in [-0.2, -0.15) is 13.2 Å². The first kappa shape index (κ1) is 17.0. The third-order valence-corrected chi connectivity index (χ3v) is 4.54. The van der Waals surface area contributed by atoms with Gasteiger partial charge in [0.15, 0.2) is 0 Å². The molecule has 0 bridgehead atoms. The van der Waals surface area contributed by atoms with Crippen LogP contribution >= 0.6 is 22.6 Å². The summed E-state index contributed by atoms with van der Waals surface area (Å²) in [6.45, 7) is 0.468. The molecule has 0 radical (unpaired) electrons. The Kier molecular flexibility index (Phi) is 4.66. The van der Waals surface area contributed by atoms with Crippen molar-refractivity contribution in [2.24, 2.45) is 0 Å². The van der Waals surface area contributed by atoms with Gasteiger partial charge in [-0.25, -0.2) is 4.98 Å². The average Bonchev–Trinajstić information content (AvgIpc) is 2.50. The van der Waals surface area contributed by atoms with Crippen molar-refractivity contribution in [2.45, 2.75) is 12.3 Å². The second-order valence-corrected chi connectivity index (χ2v) is 6.45. The number of halogens is 4. The zero-order valence-electron chi connectivity index (χ0n) is 12.3. The summed E-state index contributed by atoms with van der Waals surface area (Å²) < 4.78 is 44.9. The summed E-state index contributed by atoms with van der Waals surface area (Å²) in [4.78, 5) is 17.5. The number of aromatic nitrogens is 1. The molecule has 0 aliphatic carbocycles. The van der Waals surface area contributed by atoms with Crippen LogP contribution in [0.15, 0.2) is 42.6 Å². The summed E-state index contributed by atoms with van der Waals surface area (Å²) in [5.41, 5.74) is -0.335. The summed E-state index contributed by atoms with van der Waals surface area (Å²) >= 11 is 2.07. The van der Waals surface area contributed by atoms with E-state index in [2.05, 4.69) is 27.6 Å². The molecule has 0 spiro atoms. The van der Waals surface area contributed by atoms with Crippen LogP contribution in [0.3, 0.4) is 0 Å². The maximum absolute atomic E-state index is 12.9. The molecule has 3 rings (SSSR count). The SMILES string of the molecule is O=C(c1ccccc1I)N1CC(Oc2ncccc2C(F)(F)F)C1. The molecule has 2 aromatic rings. The molecule has 1 amide bonds. The van der Waals surface area contributed by atoms with E-state index >= 15 is 0 Å². The number of pyridine rings is 1. The van der Waals surface area contributed by atoms with Gasteiger partial charge < -0.3 is 9.64 Å². The highest BCUT2D eigenvalue weighted by atomic mass is 127. The molecule has 2 heterocycles. The van der Waals surface area contributed by atoms with Gasteiger partial charge in [0.1, 0.15) is 11.7 Å². The van der Waals surface area contributed by atoms with Crippen LogP contribution in [0.2, 0.25) is 0 Å². The number of hydrogen-bond acceptors (Lipinski definition) is 3. The number of amides is 1. The van der Waals surface area contributed by atoms with Crippen LogP contribution in [0.25, 0.3) is 0 Å². The minimum absolute atomic E-state index is 0.156. The summed E-state index contributed by atoms with van der Waals surface area (Å²) in [7, 11) is 0. The fourth-order valence-corrected chi connectivity index (χ4v) is 2.96. The Bertz CT molecular complexity index is 761. The van der Waals surface area contributed by atoms with E-state index in [1.54, 1.807) is 17.0 Å². The first-order valence-electron chi connectivity index (χ1n) is 7.09. The second-order valence-electron chi connectivity index (χ2n) is 5.28. The number of carbonyl (C=O) groups is 1. The third kappa shape index (κ3) is 3.47. The molecule has 8 heteroatoms. The molecule has 4 nitrogen and oxygen atoms in total. The molecular weight excluding hydrogens is 436 g/mol. The molecule has 1 aliphatic rings. The first-order chi connectivity index (χ1) is 11.4. The smallest absolute Gasteiger partial charge is 0.421 e. The predicted octanol–water partition coefficient (Wildman–Crippen LogP) is 3.61. The van der Waals surface area contributed by atoms with Crippen molar-refractivity contribution in [3.8, 4) is 5.88 Å². The number of ether oxygens (including phenoxy) is 1. The summed E-state index contributed by atoms with van der Waals surface area (Å²) in [6.07, 6.45) is -3.77. The van der Waals surface area contributed by atoms with Crippen LogP contribution < -0.4 is 4.74 Å². The molecule has 1 aromatic heterocycles. The van der Waals surface area contributed by atoms with Gasteiger partial charge in [-0.1, -0.05) is 12.1 Å². The second kappa shape index (κ2) is 6.58. The Morgan fingerprint density at radius 1 is 1.21 bits per heavy atom. The largest absolute Gasteiger partial charge is 0.470 e. The lowest BCUT2D eigenvalue weighted by Crippen LogP contribution is -2.56. The van der Waals surface area contributed by atoms with Gasteiger partial charge in [0.05, 0.1) is 18.7 Å². The van der Waals surface area contributed by atoms with E-state index in [9.17, 15) is 18.0 Å². The van der Waals surface area contributed by atoms with Crippen molar-refractivity contribution >= 4 is 28.5 Å². The van der Waals surface area contributed by atoms with E-state index in [0.717, 1.165) is 9.64 Å². The van der Waals surface area contributed by atoms with Crippen LogP contribution in [-0.2, 0) is 6.18 Å². The molecule has 0 saturated carbocycles. The van der Waals surface area contributed by atoms with Crippen LogP contribution in [0.4, 0.5) is 13.2 Å². The fourth-order valence-electron chi connectivity index (χ4n) is 2.34. The molecule has 1 fully saturated rings. The Morgan fingerprint density at radius 2 is 1.92 bits per heavy atom. The van der Waals surface area contributed by atoms with E-state index in [0.29, 0.717) is 5.56 Å². The lowest BCUT2D eigenvalue weighted by atomic mass is 10.1. The van der Waals surface area contributed by atoms with Crippen molar-refractivity contribution in [2.75, 3.05) is 13.1 Å². The summed E-state index contributed by atoms with van der Waals surface area (Å²) in [5.74, 6) is -0.603. The highest BCUT2D eigenvalue weighted by Crippen LogP contribution is 2.35. The summed E-state index contributed by atoms with van der Waals surface area (Å²) in [6, 6.07) is 9.29. The topological polar surface area (TPSA) is 42.4 Å². The van der Waals surface area contributed by atoms with E-state index in [-0.39, 0.29) is 19.0 Å². The average molecular weight is 448 g/mol. The number of benzene rings is 1. The first-order valence-corrected chi connectivity index (χ1v) is 8.17. The lowest BCUT2D eigenvalue weighted by molar-refractivity contribution is -0.140. The van der Waals surface area contributed by atoms with Gasteiger partial charge in [-0.05, 0) is 46.9 Å². The minimum atomic E-state index is -4.52. The molecule has 0 unspecified atom stereocenters. The number of nitrogens with zero attached hydrogens (tertiary/aromatic N) is 2. The summed E-state index contributed by atoms with van der Waals surface area (Å²) in [5, 5.41) is 0. The molecule has 126 valence electrons. The van der Waals surface area contributed by atoms with Crippen molar-refractivity contribution < 1.29 is 22.7 Å². The third-order valence-electron chi connectivity index (χ3n) is 3.59. The molecule has 1 aliphatic heterocycles. The Labute approximate surface area is 149 Å². The van der Waals surface area contributed by atoms with Crippen molar-refractivity contribution in [3.63, 3.8) is 0 Å². The van der Waals surface area contributed by atoms with E-state index in [1.165, 1.54) is 12.3 Å². The molecule has 24 heavy (non-hydrogen) atoms. The number of carbonyl (C=O) groups excluding carboxylic acids is 1. The molecule has 0 N–H and O–H groups in total. The van der Waals surface area contributed by atoms with Gasteiger partial charge in [-0.3, -0.25) is 4.79 Å².